The normalized spacial score (nSPS) is 13.4. The van der Waals surface area contributed by atoms with E-state index in [2.05, 4.69) is 0 Å². The number of aryl methyl sites for hydroxylation is 1. The Balaban J connectivity index is 3.03. The lowest BCUT2D eigenvalue weighted by atomic mass is 10.4. The lowest BCUT2D eigenvalue weighted by molar-refractivity contribution is 0.352. The summed E-state index contributed by atoms with van der Waals surface area (Å²) < 4.78 is 20.5. The van der Waals surface area contributed by atoms with Gasteiger partial charge in [-0.05, 0) is 23.9 Å². The molecule has 0 unspecified atom stereocenters. The summed E-state index contributed by atoms with van der Waals surface area (Å²) in [6, 6.07) is 1.71. The molecule has 0 aliphatic rings. The van der Waals surface area contributed by atoms with E-state index in [-0.39, 0.29) is 0 Å². The van der Waals surface area contributed by atoms with E-state index in [0.717, 1.165) is 5.56 Å². The molecule has 0 atom stereocenters. The number of hydrogen-bond donors (Lipinski definition) is 4. The molecule has 1 aromatic heterocycles. The van der Waals surface area contributed by atoms with Gasteiger partial charge in [0.25, 0.3) is 0 Å². The van der Waals surface area contributed by atoms with E-state index < -0.39 is 19.9 Å². The van der Waals surface area contributed by atoms with E-state index >= 15 is 0 Å². The molecule has 0 aliphatic heterocycles. The van der Waals surface area contributed by atoms with Crippen molar-refractivity contribution in [3.8, 4) is 0 Å². The van der Waals surface area contributed by atoms with Crippen molar-refractivity contribution in [1.82, 2.24) is 0 Å². The van der Waals surface area contributed by atoms with Crippen LogP contribution in [0.1, 0.15) is 5.56 Å². The van der Waals surface area contributed by atoms with Crippen molar-refractivity contribution in [1.29, 1.82) is 0 Å². The maximum atomic E-state index is 11.0. The van der Waals surface area contributed by atoms with Crippen LogP contribution in [0.2, 0.25) is 0 Å². The van der Waals surface area contributed by atoms with Crippen LogP contribution in [0.15, 0.2) is 15.7 Å². The van der Waals surface area contributed by atoms with Gasteiger partial charge in [-0.1, -0.05) is 11.8 Å². The van der Waals surface area contributed by atoms with Gasteiger partial charge in [-0.25, -0.2) is 0 Å². The van der Waals surface area contributed by atoms with Crippen molar-refractivity contribution >= 4 is 38.3 Å². The first kappa shape index (κ1) is 14.4. The highest BCUT2D eigenvalue weighted by molar-refractivity contribution is 8.13. The molecule has 0 spiro atoms. The highest BCUT2D eigenvalue weighted by Gasteiger charge is 2.44. The molecule has 1 rings (SSSR count). The second-order valence-electron chi connectivity index (χ2n) is 3.01. The van der Waals surface area contributed by atoms with E-state index in [1.54, 1.807) is 18.4 Å². The summed E-state index contributed by atoms with van der Waals surface area (Å²) in [5, 5.41) is 1.69. The largest absolute Gasteiger partial charge is 0.351 e. The second kappa shape index (κ2) is 4.92. The van der Waals surface area contributed by atoms with Crippen molar-refractivity contribution < 1.29 is 28.7 Å². The summed E-state index contributed by atoms with van der Waals surface area (Å²) in [5.41, 5.74) is 0.738. The van der Waals surface area contributed by atoms with Crippen molar-refractivity contribution in [3.63, 3.8) is 0 Å². The highest BCUT2D eigenvalue weighted by atomic mass is 32.2. The molecule has 10 heteroatoms. The third kappa shape index (κ3) is 3.68. The lowest BCUT2D eigenvalue weighted by Crippen LogP contribution is -2.04. The van der Waals surface area contributed by atoms with Crippen LogP contribution in [0.3, 0.4) is 0 Å². The Hall–Kier alpha value is 0.350. The standard InChI is InChI=1S/C6H10O6P2S2/c1-4-2-3-15-5(4)16-6(13(7,8)9)14(10,11)12/h2-3,6H,1H3,(H2,7,8,9)(H2,10,11,12). The molecule has 0 saturated heterocycles. The van der Waals surface area contributed by atoms with Gasteiger partial charge >= 0.3 is 15.2 Å². The molecule has 0 fully saturated rings. The SMILES string of the molecule is Cc1ccsc1SC(P(=O)(O)O)P(=O)(O)O. The fraction of sp³-hybridized carbons (Fsp3) is 0.333. The summed E-state index contributed by atoms with van der Waals surface area (Å²) in [6.07, 6.45) is 0. The first-order valence-electron chi connectivity index (χ1n) is 3.93. The summed E-state index contributed by atoms with van der Waals surface area (Å²) in [7, 11) is -9.70. The predicted octanol–water partition coefficient (Wildman–Crippen LogP) is 1.79. The predicted molar refractivity (Wildman–Crippen MR) is 62.8 cm³/mol. The van der Waals surface area contributed by atoms with Crippen molar-refractivity contribution in [2.24, 2.45) is 0 Å². The molecular formula is C6H10O6P2S2. The zero-order chi connectivity index (χ0) is 12.6. The zero-order valence-electron chi connectivity index (χ0n) is 8.05. The van der Waals surface area contributed by atoms with E-state index in [1.807, 2.05) is 0 Å². The first-order valence-corrected chi connectivity index (χ1v) is 9.06. The first-order chi connectivity index (χ1) is 7.12. The molecule has 16 heavy (non-hydrogen) atoms. The van der Waals surface area contributed by atoms with Crippen LogP contribution in [-0.4, -0.2) is 24.3 Å². The average molecular weight is 304 g/mol. The quantitative estimate of drug-likeness (QED) is 0.495. The summed E-state index contributed by atoms with van der Waals surface area (Å²) in [4.78, 5) is 35.6. The Morgan fingerprint density at radius 3 is 2.06 bits per heavy atom. The third-order valence-electron chi connectivity index (χ3n) is 1.60. The highest BCUT2D eigenvalue weighted by Crippen LogP contribution is 2.66. The van der Waals surface area contributed by atoms with Crippen LogP contribution in [-0.2, 0) is 9.13 Å². The molecule has 0 aliphatic carbocycles. The molecule has 0 aromatic carbocycles. The van der Waals surface area contributed by atoms with Gasteiger partial charge < -0.3 is 19.6 Å². The number of thiophene rings is 1. The number of rotatable bonds is 4. The molecule has 6 nitrogen and oxygen atoms in total. The van der Waals surface area contributed by atoms with Gasteiger partial charge in [-0.2, -0.15) is 0 Å². The van der Waals surface area contributed by atoms with E-state index in [9.17, 15) is 9.13 Å². The molecular weight excluding hydrogens is 294 g/mol. The van der Waals surface area contributed by atoms with Crippen LogP contribution < -0.4 is 0 Å². The smallest absolute Gasteiger partial charge is 0.323 e. The zero-order valence-corrected chi connectivity index (χ0v) is 11.5. The van der Waals surface area contributed by atoms with Crippen LogP contribution in [0.4, 0.5) is 0 Å². The molecule has 1 aromatic rings. The Labute approximate surface area is 100 Å². The molecule has 0 bridgehead atoms. The second-order valence-corrected chi connectivity index (χ2v) is 9.80. The Bertz CT molecular complexity index is 437. The van der Waals surface area contributed by atoms with Gasteiger partial charge in [0.15, 0.2) is 0 Å². The van der Waals surface area contributed by atoms with Crippen LogP contribution >= 0.6 is 38.3 Å². The van der Waals surface area contributed by atoms with E-state index in [4.69, 9.17) is 19.6 Å². The van der Waals surface area contributed by atoms with E-state index in [1.165, 1.54) is 11.3 Å². The Kier molecular flexibility index (Phi) is 4.43. The monoisotopic (exact) mass is 304 g/mol. The third-order valence-corrected chi connectivity index (χ3v) is 8.97. The molecule has 92 valence electrons. The average Bonchev–Trinajstić information content (AvgIpc) is 2.42. The maximum Gasteiger partial charge on any atom is 0.351 e. The minimum Gasteiger partial charge on any atom is -0.323 e. The molecule has 0 radical (unpaired) electrons. The summed E-state index contributed by atoms with van der Waals surface area (Å²) in [5.74, 6) is 0. The van der Waals surface area contributed by atoms with Crippen LogP contribution in [0, 0.1) is 6.92 Å². The van der Waals surface area contributed by atoms with Gasteiger partial charge in [0.2, 0.25) is 4.73 Å². The van der Waals surface area contributed by atoms with Crippen molar-refractivity contribution in [2.75, 3.05) is 0 Å². The minimum atomic E-state index is -4.85. The van der Waals surface area contributed by atoms with Crippen LogP contribution in [0.25, 0.3) is 0 Å². The fourth-order valence-electron chi connectivity index (χ4n) is 0.909. The van der Waals surface area contributed by atoms with Crippen LogP contribution in [0.5, 0.6) is 0 Å². The van der Waals surface area contributed by atoms with Gasteiger partial charge in [0, 0.05) is 0 Å². The summed E-state index contributed by atoms with van der Waals surface area (Å²) >= 11 is 1.71. The molecule has 0 amide bonds. The minimum absolute atomic E-state index is 0.497. The van der Waals surface area contributed by atoms with Gasteiger partial charge in [0.1, 0.15) is 0 Å². The Morgan fingerprint density at radius 1 is 1.25 bits per heavy atom. The lowest BCUT2D eigenvalue weighted by Gasteiger charge is -2.18. The molecule has 0 saturated carbocycles. The molecule has 4 N–H and O–H groups in total. The summed E-state index contributed by atoms with van der Waals surface area (Å²) in [6.45, 7) is 1.70. The van der Waals surface area contributed by atoms with E-state index in [0.29, 0.717) is 16.0 Å². The van der Waals surface area contributed by atoms with Gasteiger partial charge in [-0.15, -0.1) is 11.3 Å². The van der Waals surface area contributed by atoms with Gasteiger partial charge in [0.05, 0.1) is 4.21 Å². The van der Waals surface area contributed by atoms with Gasteiger partial charge in [-0.3, -0.25) is 9.13 Å². The fourth-order valence-corrected chi connectivity index (χ4v) is 6.41. The Morgan fingerprint density at radius 2 is 1.75 bits per heavy atom. The number of hydrogen-bond acceptors (Lipinski definition) is 4. The number of thioether (sulfide) groups is 1. The molecule has 1 heterocycles. The topological polar surface area (TPSA) is 115 Å². The van der Waals surface area contributed by atoms with Crippen molar-refractivity contribution in [3.05, 3.63) is 17.0 Å². The maximum absolute atomic E-state index is 11.0. The van der Waals surface area contributed by atoms with Crippen molar-refractivity contribution in [2.45, 2.75) is 15.9 Å².